The average molecular weight is 350 g/mol. The summed E-state index contributed by atoms with van der Waals surface area (Å²) in [7, 11) is 0. The van der Waals surface area contributed by atoms with Crippen LogP contribution in [0.1, 0.15) is 18.5 Å². The van der Waals surface area contributed by atoms with E-state index in [0.29, 0.717) is 17.9 Å². The normalized spacial score (nSPS) is 17.2. The van der Waals surface area contributed by atoms with Gasteiger partial charge in [0.05, 0.1) is 23.5 Å². The molecule has 0 aromatic heterocycles. The Kier molecular flexibility index (Phi) is 4.90. The van der Waals surface area contributed by atoms with E-state index in [1.807, 2.05) is 47.4 Å². The Balaban J connectivity index is 1.98. The summed E-state index contributed by atoms with van der Waals surface area (Å²) >= 11 is 0. The van der Waals surface area contributed by atoms with Gasteiger partial charge in [-0.15, -0.1) is 0 Å². The molecule has 0 spiro atoms. The summed E-state index contributed by atoms with van der Waals surface area (Å²) in [4.78, 5) is 3.36. The molecule has 0 fully saturated rings. The van der Waals surface area contributed by atoms with Gasteiger partial charge in [-0.25, -0.2) is 0 Å². The molecule has 0 bridgehead atoms. The summed E-state index contributed by atoms with van der Waals surface area (Å²) in [6.45, 7) is 1.41. The second kappa shape index (κ2) is 6.96. The van der Waals surface area contributed by atoms with Gasteiger partial charge in [0.15, 0.2) is 0 Å². The number of benzene rings is 2. The molecule has 25 heavy (non-hydrogen) atoms. The molecule has 6 heteroatoms. The number of alkyl halides is 3. The number of hydrogen-bond donors (Lipinski definition) is 1. The number of fused-ring (bicyclic) bond motifs is 1. The number of nitrogens with zero attached hydrogens (tertiary/aromatic N) is 2. The highest BCUT2D eigenvalue weighted by atomic mass is 19.4. The van der Waals surface area contributed by atoms with Crippen molar-refractivity contribution in [3.63, 3.8) is 0 Å². The maximum Gasteiger partial charge on any atom is 0.405 e. The number of aliphatic hydroxyl groups excluding tert-OH is 1. The van der Waals surface area contributed by atoms with Crippen LogP contribution < -0.4 is 9.80 Å². The summed E-state index contributed by atoms with van der Waals surface area (Å²) in [5.41, 5.74) is 2.21. The van der Waals surface area contributed by atoms with Crippen molar-refractivity contribution in [2.75, 3.05) is 29.4 Å². The molecule has 0 saturated heterocycles. The van der Waals surface area contributed by atoms with Gasteiger partial charge in [-0.05, 0) is 24.6 Å². The maximum absolute atomic E-state index is 12.9. The summed E-state index contributed by atoms with van der Waals surface area (Å²) in [6, 6.07) is 16.3. The lowest BCUT2D eigenvalue weighted by molar-refractivity contribution is -0.119. The average Bonchev–Trinajstić information content (AvgIpc) is 2.56. The van der Waals surface area contributed by atoms with E-state index in [1.54, 1.807) is 19.1 Å². The minimum Gasteiger partial charge on any atom is -0.391 e. The molecule has 3 rings (SSSR count). The lowest BCUT2D eigenvalue weighted by atomic mass is 9.98. The first-order chi connectivity index (χ1) is 11.9. The van der Waals surface area contributed by atoms with Crippen LogP contribution in [0.25, 0.3) is 0 Å². The first-order valence-corrected chi connectivity index (χ1v) is 8.27. The van der Waals surface area contributed by atoms with Gasteiger partial charge in [0.2, 0.25) is 0 Å². The third-order valence-electron chi connectivity index (χ3n) is 4.45. The molecule has 2 unspecified atom stereocenters. The fourth-order valence-corrected chi connectivity index (χ4v) is 3.48. The van der Waals surface area contributed by atoms with Crippen molar-refractivity contribution in [2.24, 2.45) is 0 Å². The molecule has 2 atom stereocenters. The smallest absolute Gasteiger partial charge is 0.391 e. The SMILES string of the molecule is CC(O)C(c1ccccc1)N1CCN(CC(F)(F)F)c2ccccc21. The fourth-order valence-electron chi connectivity index (χ4n) is 3.48. The Labute approximate surface area is 145 Å². The Morgan fingerprint density at radius 3 is 2.16 bits per heavy atom. The van der Waals surface area contributed by atoms with E-state index in [1.165, 1.54) is 4.90 Å². The number of hydrogen-bond acceptors (Lipinski definition) is 3. The van der Waals surface area contributed by atoms with Crippen molar-refractivity contribution in [1.82, 2.24) is 0 Å². The van der Waals surface area contributed by atoms with Crippen LogP contribution in [0, 0.1) is 0 Å². The number of aliphatic hydroxyl groups is 1. The predicted octanol–water partition coefficient (Wildman–Crippen LogP) is 4.00. The molecule has 1 aliphatic heterocycles. The Morgan fingerprint density at radius 2 is 1.56 bits per heavy atom. The molecule has 2 aromatic carbocycles. The van der Waals surface area contributed by atoms with Crippen LogP contribution in [-0.4, -0.2) is 37.0 Å². The van der Waals surface area contributed by atoms with Crippen molar-refractivity contribution in [1.29, 1.82) is 0 Å². The van der Waals surface area contributed by atoms with Crippen LogP contribution in [0.5, 0.6) is 0 Å². The van der Waals surface area contributed by atoms with E-state index in [9.17, 15) is 18.3 Å². The van der Waals surface area contributed by atoms with Crippen LogP contribution in [0.3, 0.4) is 0 Å². The van der Waals surface area contributed by atoms with Gasteiger partial charge in [-0.1, -0.05) is 42.5 Å². The van der Waals surface area contributed by atoms with Gasteiger partial charge in [0.1, 0.15) is 6.54 Å². The summed E-state index contributed by atoms with van der Waals surface area (Å²) in [5, 5.41) is 10.4. The van der Waals surface area contributed by atoms with Gasteiger partial charge < -0.3 is 14.9 Å². The summed E-state index contributed by atoms with van der Waals surface area (Å²) in [6.07, 6.45) is -4.91. The van der Waals surface area contributed by atoms with E-state index >= 15 is 0 Å². The van der Waals surface area contributed by atoms with Crippen molar-refractivity contribution in [3.05, 3.63) is 60.2 Å². The summed E-state index contributed by atoms with van der Waals surface area (Å²) < 4.78 is 38.7. The Hall–Kier alpha value is -2.21. The van der Waals surface area contributed by atoms with Crippen molar-refractivity contribution >= 4 is 11.4 Å². The maximum atomic E-state index is 12.9. The van der Waals surface area contributed by atoms with Gasteiger partial charge in [0.25, 0.3) is 0 Å². The fraction of sp³-hybridized carbons (Fsp3) is 0.368. The van der Waals surface area contributed by atoms with Gasteiger partial charge >= 0.3 is 6.18 Å². The van der Waals surface area contributed by atoms with E-state index in [0.717, 1.165) is 5.56 Å². The standard InChI is InChI=1S/C19H21F3N2O/c1-14(25)18(15-7-3-2-4-8-15)24-12-11-23(13-19(20,21)22)16-9-5-6-10-17(16)24/h2-10,14,18,25H,11-13H2,1H3. The molecule has 0 aliphatic carbocycles. The predicted molar refractivity (Wildman–Crippen MR) is 92.9 cm³/mol. The molecular weight excluding hydrogens is 329 g/mol. The second-order valence-corrected chi connectivity index (χ2v) is 6.31. The summed E-state index contributed by atoms with van der Waals surface area (Å²) in [5.74, 6) is 0. The number of anilines is 2. The quantitative estimate of drug-likeness (QED) is 0.903. The Morgan fingerprint density at radius 1 is 0.960 bits per heavy atom. The number of rotatable bonds is 4. The van der Waals surface area contributed by atoms with Crippen LogP contribution in [0.2, 0.25) is 0 Å². The van der Waals surface area contributed by atoms with Crippen LogP contribution >= 0.6 is 0 Å². The van der Waals surface area contributed by atoms with Crippen LogP contribution in [-0.2, 0) is 0 Å². The van der Waals surface area contributed by atoms with Crippen LogP contribution in [0.15, 0.2) is 54.6 Å². The first kappa shape index (κ1) is 17.6. The molecule has 134 valence electrons. The highest BCUT2D eigenvalue weighted by molar-refractivity contribution is 5.74. The van der Waals surface area contributed by atoms with E-state index < -0.39 is 18.8 Å². The zero-order chi connectivity index (χ0) is 18.0. The zero-order valence-corrected chi connectivity index (χ0v) is 13.9. The molecule has 0 amide bonds. The van der Waals surface area contributed by atoms with Gasteiger partial charge in [-0.3, -0.25) is 0 Å². The van der Waals surface area contributed by atoms with E-state index in [-0.39, 0.29) is 12.6 Å². The largest absolute Gasteiger partial charge is 0.405 e. The third-order valence-corrected chi connectivity index (χ3v) is 4.45. The van der Waals surface area contributed by atoms with Gasteiger partial charge in [0, 0.05) is 13.1 Å². The number of para-hydroxylation sites is 2. The zero-order valence-electron chi connectivity index (χ0n) is 13.9. The monoisotopic (exact) mass is 350 g/mol. The first-order valence-electron chi connectivity index (χ1n) is 8.27. The molecular formula is C19H21F3N2O. The lowest BCUT2D eigenvalue weighted by Gasteiger charge is -2.44. The molecule has 2 aromatic rings. The number of halogens is 3. The topological polar surface area (TPSA) is 26.7 Å². The highest BCUT2D eigenvalue weighted by Crippen LogP contribution is 2.40. The van der Waals surface area contributed by atoms with E-state index in [2.05, 4.69) is 0 Å². The van der Waals surface area contributed by atoms with E-state index in [4.69, 9.17) is 0 Å². The lowest BCUT2D eigenvalue weighted by Crippen LogP contribution is -2.47. The molecule has 3 nitrogen and oxygen atoms in total. The van der Waals surface area contributed by atoms with Gasteiger partial charge in [-0.2, -0.15) is 13.2 Å². The molecule has 1 N–H and O–H groups in total. The molecule has 0 radical (unpaired) electrons. The molecule has 1 aliphatic rings. The van der Waals surface area contributed by atoms with Crippen LogP contribution in [0.4, 0.5) is 24.5 Å². The van der Waals surface area contributed by atoms with Crippen molar-refractivity contribution in [2.45, 2.75) is 25.2 Å². The molecule has 0 saturated carbocycles. The van der Waals surface area contributed by atoms with Crippen molar-refractivity contribution < 1.29 is 18.3 Å². The second-order valence-electron chi connectivity index (χ2n) is 6.31. The highest BCUT2D eigenvalue weighted by Gasteiger charge is 2.36. The molecule has 1 heterocycles. The minimum absolute atomic E-state index is 0.257. The third kappa shape index (κ3) is 3.90. The van der Waals surface area contributed by atoms with Crippen molar-refractivity contribution in [3.8, 4) is 0 Å². The Bertz CT molecular complexity index is 703. The minimum atomic E-state index is -4.25.